The van der Waals surface area contributed by atoms with E-state index in [9.17, 15) is 22.8 Å². The number of rotatable bonds is 6. The van der Waals surface area contributed by atoms with Gasteiger partial charge in [-0.05, 0) is 72.7 Å². The SMILES string of the molecule is COc1ccc2c(O[C@@H]3C[C@H]4C(=O)N[C@]5(C(=O)NS(=O)(=O)C6CC6)C[C@H]5/C=C\CCCCCNC(=O)N4C3)nccc2c1Br. The fourth-order valence-corrected chi connectivity index (χ4v) is 8.03. The fraction of sp³-hybridized carbons (Fsp3) is 0.533. The number of allylic oxidation sites excluding steroid dienone is 1. The maximum absolute atomic E-state index is 13.9. The molecule has 4 amide bonds. The second kappa shape index (κ2) is 12.2. The molecule has 3 heterocycles. The fourth-order valence-electron chi connectivity index (χ4n) is 6.02. The number of pyridine rings is 1. The first-order chi connectivity index (χ1) is 21.1. The van der Waals surface area contributed by atoms with Crippen LogP contribution in [-0.2, 0) is 19.6 Å². The van der Waals surface area contributed by atoms with Crippen LogP contribution in [0.5, 0.6) is 11.6 Å². The van der Waals surface area contributed by atoms with Crippen LogP contribution >= 0.6 is 15.9 Å². The number of nitrogens with one attached hydrogen (secondary N) is 3. The van der Waals surface area contributed by atoms with Crippen LogP contribution in [0.1, 0.15) is 51.4 Å². The van der Waals surface area contributed by atoms with Gasteiger partial charge in [0.1, 0.15) is 23.4 Å². The van der Waals surface area contributed by atoms with E-state index in [0.717, 1.165) is 40.9 Å². The summed E-state index contributed by atoms with van der Waals surface area (Å²) in [6, 6.07) is 4.14. The Morgan fingerprint density at radius 2 is 1.98 bits per heavy atom. The summed E-state index contributed by atoms with van der Waals surface area (Å²) in [6.07, 6.45) is 9.77. The summed E-state index contributed by atoms with van der Waals surface area (Å²) in [5.41, 5.74) is -1.40. The smallest absolute Gasteiger partial charge is 0.318 e. The van der Waals surface area contributed by atoms with Crippen LogP contribution in [0, 0.1) is 5.92 Å². The van der Waals surface area contributed by atoms with Crippen LogP contribution in [0.15, 0.2) is 41.0 Å². The Hall–Kier alpha value is -3.39. The molecule has 0 radical (unpaired) electrons. The maximum Gasteiger partial charge on any atom is 0.318 e. The van der Waals surface area contributed by atoms with Gasteiger partial charge in [-0.2, -0.15) is 0 Å². The van der Waals surface area contributed by atoms with Crippen LogP contribution in [0.2, 0.25) is 0 Å². The number of carbonyl (C=O) groups is 3. The third kappa shape index (κ3) is 6.10. The van der Waals surface area contributed by atoms with E-state index in [1.165, 1.54) is 4.90 Å². The summed E-state index contributed by atoms with van der Waals surface area (Å²) in [7, 11) is -2.23. The number of aromatic nitrogens is 1. The summed E-state index contributed by atoms with van der Waals surface area (Å²) < 4.78 is 39.9. The Bertz CT molecular complexity index is 1610. The molecule has 0 spiro atoms. The molecule has 1 saturated heterocycles. The maximum atomic E-state index is 13.9. The summed E-state index contributed by atoms with van der Waals surface area (Å²) in [5.74, 6) is -0.607. The monoisotopic (exact) mass is 689 g/mol. The molecular weight excluding hydrogens is 654 g/mol. The second-order valence-corrected chi connectivity index (χ2v) is 14.6. The predicted octanol–water partition coefficient (Wildman–Crippen LogP) is 3.15. The number of halogens is 1. The molecule has 1 aromatic heterocycles. The number of amides is 4. The number of nitrogens with zero attached hydrogens (tertiary/aromatic N) is 2. The van der Waals surface area contributed by atoms with Crippen molar-refractivity contribution in [3.05, 3.63) is 41.0 Å². The van der Waals surface area contributed by atoms with Gasteiger partial charge in [-0.1, -0.05) is 18.6 Å². The highest BCUT2D eigenvalue weighted by Gasteiger charge is 2.62. The van der Waals surface area contributed by atoms with Gasteiger partial charge in [-0.3, -0.25) is 14.3 Å². The Balaban J connectivity index is 1.26. The molecule has 3 fully saturated rings. The Morgan fingerprint density at radius 3 is 2.75 bits per heavy atom. The molecule has 2 aromatic rings. The van der Waals surface area contributed by atoms with Crippen LogP contribution < -0.4 is 24.8 Å². The van der Waals surface area contributed by atoms with Crippen molar-refractivity contribution in [1.29, 1.82) is 0 Å². The molecule has 2 aliphatic carbocycles. The summed E-state index contributed by atoms with van der Waals surface area (Å²) in [5, 5.41) is 6.78. The van der Waals surface area contributed by atoms with Crippen molar-refractivity contribution in [2.75, 3.05) is 20.2 Å². The van der Waals surface area contributed by atoms with Crippen molar-refractivity contribution in [2.45, 2.75) is 74.3 Å². The number of fused-ring (bicyclic) bond motifs is 3. The van der Waals surface area contributed by atoms with Crippen LogP contribution in [0.25, 0.3) is 10.8 Å². The van der Waals surface area contributed by atoms with Gasteiger partial charge in [0.2, 0.25) is 21.8 Å². The molecule has 0 unspecified atom stereocenters. The number of hydrogen-bond acceptors (Lipinski definition) is 8. The van der Waals surface area contributed by atoms with Gasteiger partial charge in [-0.15, -0.1) is 0 Å². The van der Waals surface area contributed by atoms with E-state index in [1.807, 2.05) is 24.3 Å². The number of benzene rings is 1. The minimum atomic E-state index is -3.81. The molecule has 44 heavy (non-hydrogen) atoms. The molecule has 2 aliphatic heterocycles. The van der Waals surface area contributed by atoms with Gasteiger partial charge >= 0.3 is 6.03 Å². The molecular formula is C30H36BrN5O7S. The molecule has 1 aromatic carbocycles. The minimum absolute atomic E-state index is 0.123. The minimum Gasteiger partial charge on any atom is -0.496 e. The molecule has 2 saturated carbocycles. The molecule has 236 valence electrons. The van der Waals surface area contributed by atoms with E-state index >= 15 is 0 Å². The molecule has 4 atom stereocenters. The van der Waals surface area contributed by atoms with Crippen molar-refractivity contribution >= 4 is 54.6 Å². The highest BCUT2D eigenvalue weighted by Crippen LogP contribution is 2.46. The Kier molecular flexibility index (Phi) is 8.48. The second-order valence-electron chi connectivity index (χ2n) is 11.9. The van der Waals surface area contributed by atoms with Crippen molar-refractivity contribution in [3.8, 4) is 11.6 Å². The van der Waals surface area contributed by atoms with Crippen LogP contribution in [0.4, 0.5) is 4.79 Å². The highest BCUT2D eigenvalue weighted by atomic mass is 79.9. The van der Waals surface area contributed by atoms with Gasteiger partial charge in [0.05, 0.1) is 23.4 Å². The number of hydrogen-bond donors (Lipinski definition) is 3. The van der Waals surface area contributed by atoms with Crippen molar-refractivity contribution in [2.24, 2.45) is 5.92 Å². The summed E-state index contributed by atoms with van der Waals surface area (Å²) in [4.78, 5) is 46.5. The van der Waals surface area contributed by atoms with Gasteiger partial charge in [0, 0.05) is 35.9 Å². The van der Waals surface area contributed by atoms with E-state index in [2.05, 4.69) is 36.3 Å². The third-order valence-corrected chi connectivity index (χ3v) is 11.4. The normalized spacial score (nSPS) is 28.4. The van der Waals surface area contributed by atoms with E-state index < -0.39 is 50.8 Å². The largest absolute Gasteiger partial charge is 0.496 e. The topological polar surface area (TPSA) is 156 Å². The lowest BCUT2D eigenvalue weighted by Gasteiger charge is -2.26. The van der Waals surface area contributed by atoms with Crippen LogP contribution in [-0.4, -0.2) is 79.3 Å². The van der Waals surface area contributed by atoms with Gasteiger partial charge in [0.25, 0.3) is 5.91 Å². The third-order valence-electron chi connectivity index (χ3n) is 8.79. The molecule has 3 N–H and O–H groups in total. The Labute approximate surface area is 264 Å². The number of urea groups is 1. The lowest BCUT2D eigenvalue weighted by atomic mass is 10.1. The van der Waals surface area contributed by atoms with Gasteiger partial charge in [-0.25, -0.2) is 18.2 Å². The molecule has 12 nitrogen and oxygen atoms in total. The van der Waals surface area contributed by atoms with Crippen LogP contribution in [0.3, 0.4) is 0 Å². The van der Waals surface area contributed by atoms with Crippen molar-refractivity contribution in [3.63, 3.8) is 0 Å². The predicted molar refractivity (Wildman–Crippen MR) is 166 cm³/mol. The van der Waals surface area contributed by atoms with E-state index in [0.29, 0.717) is 31.0 Å². The zero-order chi connectivity index (χ0) is 31.1. The average molecular weight is 691 g/mol. The standard InChI is InChI=1S/C30H36BrN5O7S/c1-42-24-11-10-22-21(25(24)31)12-14-32-27(22)43-19-15-23-26(37)34-30(28(38)35-44(40,41)20-8-9-20)16-18(30)7-5-3-2-4-6-13-33-29(39)36(23)17-19/h5,7,10-12,14,18-20,23H,2-4,6,8-9,13,15-17H2,1H3,(H,33,39)(H,34,37)(H,35,38)/b7-5-/t18-,19-,23+,30-/m1/s1. The zero-order valence-electron chi connectivity index (χ0n) is 24.4. The Morgan fingerprint density at radius 1 is 1.16 bits per heavy atom. The lowest BCUT2D eigenvalue weighted by Crippen LogP contribution is -2.57. The van der Waals surface area contributed by atoms with Gasteiger partial charge in [0.15, 0.2) is 0 Å². The highest BCUT2D eigenvalue weighted by molar-refractivity contribution is 9.10. The number of ether oxygens (including phenoxy) is 2. The number of sulfonamides is 1. The lowest BCUT2D eigenvalue weighted by molar-refractivity contribution is -0.131. The van der Waals surface area contributed by atoms with Gasteiger partial charge < -0.3 is 25.0 Å². The van der Waals surface area contributed by atoms with E-state index in [1.54, 1.807) is 19.4 Å². The van der Waals surface area contributed by atoms with E-state index in [4.69, 9.17) is 9.47 Å². The summed E-state index contributed by atoms with van der Waals surface area (Å²) >= 11 is 3.57. The summed E-state index contributed by atoms with van der Waals surface area (Å²) in [6.45, 7) is 0.589. The first-order valence-corrected chi connectivity index (χ1v) is 17.3. The quantitative estimate of drug-likeness (QED) is 0.391. The molecule has 6 rings (SSSR count). The zero-order valence-corrected chi connectivity index (χ0v) is 26.8. The van der Waals surface area contributed by atoms with Crippen molar-refractivity contribution < 1.29 is 32.3 Å². The van der Waals surface area contributed by atoms with Crippen molar-refractivity contribution in [1.82, 2.24) is 25.2 Å². The van der Waals surface area contributed by atoms with E-state index in [-0.39, 0.29) is 25.3 Å². The first-order valence-electron chi connectivity index (χ1n) is 15.0. The molecule has 14 heteroatoms. The first kappa shape index (κ1) is 30.6. The average Bonchev–Trinajstić information content (AvgIpc) is 3.92. The number of methoxy groups -OCH3 is 1. The molecule has 4 aliphatic rings. The molecule has 0 bridgehead atoms. The number of carbonyl (C=O) groups excluding carboxylic acids is 3.